The number of methoxy groups -OCH3 is 1. The third-order valence-corrected chi connectivity index (χ3v) is 5.58. The summed E-state index contributed by atoms with van der Waals surface area (Å²) in [4.78, 5) is 15.3. The van der Waals surface area contributed by atoms with Crippen LogP contribution in [0.5, 0.6) is 5.75 Å². The molecular weight excluding hydrogens is 290 g/mol. The Morgan fingerprint density at radius 2 is 2.10 bits per heavy atom. The topological polar surface area (TPSA) is 29.5 Å². The molecule has 1 amide bonds. The zero-order valence-corrected chi connectivity index (χ0v) is 12.7. The largest absolute Gasteiger partial charge is 0.497 e. The van der Waals surface area contributed by atoms with Gasteiger partial charge in [0.1, 0.15) is 11.1 Å². The lowest BCUT2D eigenvalue weighted by Gasteiger charge is -2.23. The van der Waals surface area contributed by atoms with Gasteiger partial charge < -0.3 is 9.64 Å². The molecule has 5 heteroatoms. The quantitative estimate of drug-likeness (QED) is 0.865. The molecule has 1 unspecified atom stereocenters. The van der Waals surface area contributed by atoms with Gasteiger partial charge in [-0.05, 0) is 29.1 Å². The number of carbonyl (C=O) groups is 1. The first kappa shape index (κ1) is 13.5. The molecule has 1 fully saturated rings. The first-order chi connectivity index (χ1) is 9.78. The lowest BCUT2D eigenvalue weighted by atomic mass is 10.2. The summed E-state index contributed by atoms with van der Waals surface area (Å²) in [7, 11) is 1.66. The van der Waals surface area contributed by atoms with Crippen molar-refractivity contribution in [3.05, 3.63) is 52.2 Å². The molecule has 2 aromatic rings. The van der Waals surface area contributed by atoms with Gasteiger partial charge in [-0.25, -0.2) is 0 Å². The van der Waals surface area contributed by atoms with Crippen molar-refractivity contribution in [3.63, 3.8) is 0 Å². The van der Waals surface area contributed by atoms with Gasteiger partial charge in [0, 0.05) is 11.4 Å². The van der Waals surface area contributed by atoms with Crippen molar-refractivity contribution < 1.29 is 9.53 Å². The van der Waals surface area contributed by atoms with Crippen molar-refractivity contribution in [3.8, 4) is 5.75 Å². The van der Waals surface area contributed by atoms with Crippen molar-refractivity contribution in [2.75, 3.05) is 12.9 Å². The van der Waals surface area contributed by atoms with Crippen LogP contribution in [0.2, 0.25) is 0 Å². The van der Waals surface area contributed by atoms with E-state index in [1.54, 1.807) is 30.2 Å². The molecule has 20 heavy (non-hydrogen) atoms. The van der Waals surface area contributed by atoms with Crippen molar-refractivity contribution >= 4 is 29.0 Å². The average Bonchev–Trinajstić information content (AvgIpc) is 3.11. The molecule has 1 aromatic heterocycles. The first-order valence-electron chi connectivity index (χ1n) is 6.35. The molecule has 0 aliphatic carbocycles. The van der Waals surface area contributed by atoms with Crippen LogP contribution in [-0.4, -0.2) is 23.7 Å². The highest BCUT2D eigenvalue weighted by Crippen LogP contribution is 2.41. The molecule has 1 atom stereocenters. The summed E-state index contributed by atoms with van der Waals surface area (Å²) < 4.78 is 5.16. The molecule has 1 saturated heterocycles. The number of thioether (sulfide) groups is 1. The van der Waals surface area contributed by atoms with Crippen LogP contribution in [0.4, 0.5) is 0 Å². The highest BCUT2D eigenvalue weighted by Gasteiger charge is 2.33. The normalized spacial score (nSPS) is 18.6. The Kier molecular flexibility index (Phi) is 3.98. The SMILES string of the molecule is COc1ccc(CN2C(=O)CSC2c2cccs2)cc1. The Morgan fingerprint density at radius 1 is 1.30 bits per heavy atom. The monoisotopic (exact) mass is 305 g/mol. The van der Waals surface area contributed by atoms with Crippen molar-refractivity contribution in [1.29, 1.82) is 0 Å². The maximum atomic E-state index is 12.1. The zero-order chi connectivity index (χ0) is 13.9. The van der Waals surface area contributed by atoms with E-state index in [-0.39, 0.29) is 11.3 Å². The van der Waals surface area contributed by atoms with E-state index in [1.807, 2.05) is 35.2 Å². The maximum absolute atomic E-state index is 12.1. The molecule has 1 aromatic carbocycles. The number of thiophene rings is 1. The zero-order valence-electron chi connectivity index (χ0n) is 11.1. The van der Waals surface area contributed by atoms with E-state index in [4.69, 9.17) is 4.74 Å². The van der Waals surface area contributed by atoms with Gasteiger partial charge in [-0.1, -0.05) is 18.2 Å². The van der Waals surface area contributed by atoms with Gasteiger partial charge in [-0.15, -0.1) is 23.1 Å². The van der Waals surface area contributed by atoms with Gasteiger partial charge in [-0.2, -0.15) is 0 Å². The highest BCUT2D eigenvalue weighted by atomic mass is 32.2. The second-order valence-corrected chi connectivity index (χ2v) is 6.60. The van der Waals surface area contributed by atoms with E-state index in [9.17, 15) is 4.79 Å². The lowest BCUT2D eigenvalue weighted by Crippen LogP contribution is -2.27. The molecule has 0 bridgehead atoms. The van der Waals surface area contributed by atoms with Crippen LogP contribution in [0.15, 0.2) is 41.8 Å². The van der Waals surface area contributed by atoms with Crippen LogP contribution in [-0.2, 0) is 11.3 Å². The van der Waals surface area contributed by atoms with Crippen LogP contribution in [0, 0.1) is 0 Å². The minimum absolute atomic E-state index is 0.157. The Balaban J connectivity index is 1.78. The van der Waals surface area contributed by atoms with Crippen molar-refractivity contribution in [2.24, 2.45) is 0 Å². The molecule has 2 heterocycles. The fraction of sp³-hybridized carbons (Fsp3) is 0.267. The van der Waals surface area contributed by atoms with Gasteiger partial charge in [0.2, 0.25) is 5.91 Å². The van der Waals surface area contributed by atoms with E-state index in [0.29, 0.717) is 12.3 Å². The molecular formula is C15H15NO2S2. The number of amides is 1. The first-order valence-corrected chi connectivity index (χ1v) is 8.28. The van der Waals surface area contributed by atoms with Crippen LogP contribution < -0.4 is 4.74 Å². The smallest absolute Gasteiger partial charge is 0.234 e. The number of nitrogens with zero attached hydrogens (tertiary/aromatic N) is 1. The van der Waals surface area contributed by atoms with Gasteiger partial charge >= 0.3 is 0 Å². The second-order valence-electron chi connectivity index (χ2n) is 4.55. The molecule has 1 aliphatic rings. The minimum Gasteiger partial charge on any atom is -0.497 e. The lowest BCUT2D eigenvalue weighted by molar-refractivity contribution is -0.128. The molecule has 0 saturated carbocycles. The number of ether oxygens (including phenoxy) is 1. The van der Waals surface area contributed by atoms with E-state index < -0.39 is 0 Å². The van der Waals surface area contributed by atoms with E-state index >= 15 is 0 Å². The molecule has 1 aliphatic heterocycles. The Morgan fingerprint density at radius 3 is 2.75 bits per heavy atom. The van der Waals surface area contributed by atoms with Crippen LogP contribution in [0.25, 0.3) is 0 Å². The number of rotatable bonds is 4. The predicted molar refractivity (Wildman–Crippen MR) is 83.1 cm³/mol. The molecule has 3 rings (SSSR count). The summed E-state index contributed by atoms with van der Waals surface area (Å²) in [6.45, 7) is 0.651. The highest BCUT2D eigenvalue weighted by molar-refractivity contribution is 8.00. The van der Waals surface area contributed by atoms with Gasteiger partial charge in [-0.3, -0.25) is 4.79 Å². The minimum atomic E-state index is 0.157. The summed E-state index contributed by atoms with van der Waals surface area (Å²) in [5, 5.41) is 2.22. The van der Waals surface area contributed by atoms with Gasteiger partial charge in [0.25, 0.3) is 0 Å². The number of hydrogen-bond donors (Lipinski definition) is 0. The predicted octanol–water partition coefficient (Wildman–Crippen LogP) is 3.53. The molecule has 3 nitrogen and oxygen atoms in total. The maximum Gasteiger partial charge on any atom is 0.234 e. The Bertz CT molecular complexity index is 580. The fourth-order valence-corrected chi connectivity index (χ4v) is 4.39. The number of benzene rings is 1. The summed E-state index contributed by atoms with van der Waals surface area (Å²) in [6, 6.07) is 12.0. The van der Waals surface area contributed by atoms with Crippen molar-refractivity contribution in [1.82, 2.24) is 4.90 Å². The number of hydrogen-bond acceptors (Lipinski definition) is 4. The van der Waals surface area contributed by atoms with Crippen LogP contribution >= 0.6 is 23.1 Å². The van der Waals surface area contributed by atoms with Crippen molar-refractivity contribution in [2.45, 2.75) is 11.9 Å². The molecule has 0 spiro atoms. The Labute approximate surface area is 126 Å². The van der Waals surface area contributed by atoms with Crippen LogP contribution in [0.3, 0.4) is 0 Å². The average molecular weight is 305 g/mol. The van der Waals surface area contributed by atoms with E-state index in [0.717, 1.165) is 11.3 Å². The summed E-state index contributed by atoms with van der Waals surface area (Å²) in [5.41, 5.74) is 1.13. The summed E-state index contributed by atoms with van der Waals surface area (Å²) in [6.07, 6.45) is 0. The fourth-order valence-electron chi connectivity index (χ4n) is 2.22. The van der Waals surface area contributed by atoms with E-state index in [2.05, 4.69) is 11.4 Å². The standard InChI is InChI=1S/C15H15NO2S2/c1-18-12-6-4-11(5-7-12)9-16-14(17)10-20-15(16)13-3-2-8-19-13/h2-8,15H,9-10H2,1H3. The van der Waals surface area contributed by atoms with Crippen LogP contribution in [0.1, 0.15) is 15.8 Å². The summed E-state index contributed by atoms with van der Waals surface area (Å²) in [5.74, 6) is 1.62. The van der Waals surface area contributed by atoms with E-state index in [1.165, 1.54) is 4.88 Å². The van der Waals surface area contributed by atoms with Gasteiger partial charge in [0.05, 0.1) is 12.9 Å². The second kappa shape index (κ2) is 5.89. The molecule has 104 valence electrons. The third kappa shape index (κ3) is 2.69. The molecule has 0 N–H and O–H groups in total. The van der Waals surface area contributed by atoms with Gasteiger partial charge in [0.15, 0.2) is 0 Å². The Hall–Kier alpha value is -1.46. The summed E-state index contributed by atoms with van der Waals surface area (Å²) >= 11 is 3.41. The molecule has 0 radical (unpaired) electrons. The number of carbonyl (C=O) groups excluding carboxylic acids is 1. The third-order valence-electron chi connectivity index (χ3n) is 3.27.